The molecule has 0 spiro atoms. The van der Waals surface area contributed by atoms with Gasteiger partial charge in [-0.15, -0.1) is 0 Å². The molecular weight excluding hydrogens is 301 g/mol. The van der Waals surface area contributed by atoms with Gasteiger partial charge >= 0.3 is 0 Å². The summed E-state index contributed by atoms with van der Waals surface area (Å²) >= 11 is 0. The second-order valence-corrected chi connectivity index (χ2v) is 6.06. The zero-order valence-corrected chi connectivity index (χ0v) is 12.7. The van der Waals surface area contributed by atoms with Gasteiger partial charge in [0.1, 0.15) is 5.82 Å². The van der Waals surface area contributed by atoms with Gasteiger partial charge in [0.05, 0.1) is 18.6 Å². The molecule has 1 aromatic carbocycles. The topological polar surface area (TPSA) is 72.9 Å². The van der Waals surface area contributed by atoms with Crippen LogP contribution in [0.25, 0.3) is 0 Å². The molecule has 0 aliphatic carbocycles. The van der Waals surface area contributed by atoms with Crippen LogP contribution in [0.3, 0.4) is 0 Å². The fourth-order valence-electron chi connectivity index (χ4n) is 3.00. The predicted molar refractivity (Wildman–Crippen MR) is 80.8 cm³/mol. The number of halogens is 1. The van der Waals surface area contributed by atoms with Crippen LogP contribution in [0.5, 0.6) is 0 Å². The number of carbonyl (C=O) groups is 2. The Morgan fingerprint density at radius 3 is 2.87 bits per heavy atom. The summed E-state index contributed by atoms with van der Waals surface area (Å²) < 4.78 is 13.3. The van der Waals surface area contributed by atoms with E-state index in [2.05, 4.69) is 5.32 Å². The Hall–Kier alpha value is -1.99. The van der Waals surface area contributed by atoms with Crippen molar-refractivity contribution in [1.29, 1.82) is 0 Å². The Morgan fingerprint density at radius 1 is 1.39 bits per heavy atom. The SMILES string of the molecule is O=C1NCCN(Cc2cccc(F)c2)[C@@H]1CC(=O)N1CC(O)C1. The van der Waals surface area contributed by atoms with Crippen LogP contribution in [-0.2, 0) is 16.1 Å². The number of β-amino-alcohol motifs (C(OH)–C–C–N with tert-alkyl or cyclic N) is 1. The standard InChI is InChI=1S/C16H20FN3O3/c17-12-3-1-2-11(6-12)8-19-5-4-18-16(23)14(19)7-15(22)20-9-13(21)10-20/h1-3,6,13-14,21H,4-5,7-10H2,(H,18,23)/t14-/m1/s1. The van der Waals surface area contributed by atoms with Crippen molar-refractivity contribution in [1.82, 2.24) is 15.1 Å². The van der Waals surface area contributed by atoms with Crippen LogP contribution < -0.4 is 5.32 Å². The van der Waals surface area contributed by atoms with Crippen molar-refractivity contribution in [2.75, 3.05) is 26.2 Å². The van der Waals surface area contributed by atoms with Gasteiger partial charge in [0.15, 0.2) is 0 Å². The number of aliphatic hydroxyl groups excluding tert-OH is 1. The summed E-state index contributed by atoms with van der Waals surface area (Å²) in [6, 6.07) is 5.70. The Bertz CT molecular complexity index is 604. The van der Waals surface area contributed by atoms with E-state index in [1.165, 1.54) is 12.1 Å². The highest BCUT2D eigenvalue weighted by atomic mass is 19.1. The number of carbonyl (C=O) groups excluding carboxylic acids is 2. The quantitative estimate of drug-likeness (QED) is 0.800. The van der Waals surface area contributed by atoms with E-state index < -0.39 is 12.1 Å². The van der Waals surface area contributed by atoms with E-state index in [1.807, 2.05) is 4.90 Å². The average Bonchev–Trinajstić information content (AvgIpc) is 2.47. The third-order valence-electron chi connectivity index (χ3n) is 4.30. The third kappa shape index (κ3) is 3.68. The van der Waals surface area contributed by atoms with Crippen molar-refractivity contribution in [3.63, 3.8) is 0 Å². The van der Waals surface area contributed by atoms with Gasteiger partial charge in [-0.3, -0.25) is 14.5 Å². The molecule has 1 aromatic rings. The average molecular weight is 321 g/mol. The molecule has 0 unspecified atom stereocenters. The zero-order valence-electron chi connectivity index (χ0n) is 12.7. The largest absolute Gasteiger partial charge is 0.389 e. The summed E-state index contributed by atoms with van der Waals surface area (Å²) in [4.78, 5) is 27.8. The van der Waals surface area contributed by atoms with Crippen LogP contribution in [0.4, 0.5) is 4.39 Å². The van der Waals surface area contributed by atoms with Crippen LogP contribution >= 0.6 is 0 Å². The van der Waals surface area contributed by atoms with Gasteiger partial charge in [0.25, 0.3) is 0 Å². The third-order valence-corrected chi connectivity index (χ3v) is 4.30. The maximum absolute atomic E-state index is 13.3. The number of hydrogen-bond donors (Lipinski definition) is 2. The molecule has 2 aliphatic rings. The molecule has 2 aliphatic heterocycles. The molecule has 2 fully saturated rings. The normalized spacial score (nSPS) is 22.6. The van der Waals surface area contributed by atoms with Crippen molar-refractivity contribution in [2.24, 2.45) is 0 Å². The lowest BCUT2D eigenvalue weighted by atomic mass is 10.0. The lowest BCUT2D eigenvalue weighted by Crippen LogP contribution is -2.59. The fraction of sp³-hybridized carbons (Fsp3) is 0.500. The van der Waals surface area contributed by atoms with Crippen molar-refractivity contribution in [3.05, 3.63) is 35.6 Å². The molecule has 0 saturated carbocycles. The molecule has 3 rings (SSSR count). The van der Waals surface area contributed by atoms with E-state index in [0.717, 1.165) is 5.56 Å². The number of nitrogens with zero attached hydrogens (tertiary/aromatic N) is 2. The highest BCUT2D eigenvalue weighted by molar-refractivity contribution is 5.89. The first-order chi connectivity index (χ1) is 11.0. The maximum atomic E-state index is 13.3. The predicted octanol–water partition coefficient (Wildman–Crippen LogP) is -0.281. The Kier molecular flexibility index (Phi) is 4.58. The maximum Gasteiger partial charge on any atom is 0.237 e. The first kappa shape index (κ1) is 15.9. The van der Waals surface area contributed by atoms with Crippen LogP contribution in [-0.4, -0.2) is 65.0 Å². The first-order valence-corrected chi connectivity index (χ1v) is 7.75. The van der Waals surface area contributed by atoms with Crippen LogP contribution in [0.15, 0.2) is 24.3 Å². The number of aliphatic hydroxyl groups is 1. The highest BCUT2D eigenvalue weighted by Gasteiger charge is 2.36. The molecule has 7 heteroatoms. The van der Waals surface area contributed by atoms with Gasteiger partial charge in [-0.1, -0.05) is 12.1 Å². The molecule has 2 saturated heterocycles. The van der Waals surface area contributed by atoms with Gasteiger partial charge in [0.2, 0.25) is 11.8 Å². The summed E-state index contributed by atoms with van der Waals surface area (Å²) in [5.74, 6) is -0.630. The summed E-state index contributed by atoms with van der Waals surface area (Å²) in [5.41, 5.74) is 0.775. The number of likely N-dealkylation sites (tertiary alicyclic amines) is 1. The summed E-state index contributed by atoms with van der Waals surface area (Å²) in [5, 5.41) is 12.1. The minimum atomic E-state index is -0.558. The number of piperazine rings is 1. The summed E-state index contributed by atoms with van der Waals surface area (Å²) in [6.45, 7) is 2.21. The first-order valence-electron chi connectivity index (χ1n) is 7.75. The Balaban J connectivity index is 1.66. The van der Waals surface area contributed by atoms with Gasteiger partial charge in [-0.05, 0) is 17.7 Å². The van der Waals surface area contributed by atoms with E-state index in [4.69, 9.17) is 0 Å². The smallest absolute Gasteiger partial charge is 0.237 e. The molecule has 1 atom stereocenters. The summed E-state index contributed by atoms with van der Waals surface area (Å²) in [7, 11) is 0. The number of nitrogens with one attached hydrogen (secondary N) is 1. The molecule has 2 heterocycles. The minimum Gasteiger partial charge on any atom is -0.389 e. The van der Waals surface area contributed by atoms with Gasteiger partial charge in [-0.25, -0.2) is 4.39 Å². The highest BCUT2D eigenvalue weighted by Crippen LogP contribution is 2.17. The lowest BCUT2D eigenvalue weighted by molar-refractivity contribution is -0.146. The minimum absolute atomic E-state index is 0.0773. The van der Waals surface area contributed by atoms with E-state index in [1.54, 1.807) is 17.0 Å². The summed E-state index contributed by atoms with van der Waals surface area (Å²) in [6.07, 6.45) is -0.379. The number of amides is 2. The van der Waals surface area contributed by atoms with E-state index >= 15 is 0 Å². The van der Waals surface area contributed by atoms with Gasteiger partial charge in [0, 0.05) is 32.7 Å². The van der Waals surface area contributed by atoms with Crippen molar-refractivity contribution < 1.29 is 19.1 Å². The molecular formula is C16H20FN3O3. The number of benzene rings is 1. The second-order valence-electron chi connectivity index (χ2n) is 6.06. The molecule has 2 N–H and O–H groups in total. The Labute approximate surface area is 133 Å². The Morgan fingerprint density at radius 2 is 2.17 bits per heavy atom. The zero-order chi connectivity index (χ0) is 16.4. The van der Waals surface area contributed by atoms with E-state index in [0.29, 0.717) is 32.7 Å². The van der Waals surface area contributed by atoms with E-state index in [9.17, 15) is 19.1 Å². The van der Waals surface area contributed by atoms with Gasteiger partial charge in [-0.2, -0.15) is 0 Å². The molecule has 124 valence electrons. The van der Waals surface area contributed by atoms with Crippen molar-refractivity contribution in [3.8, 4) is 0 Å². The van der Waals surface area contributed by atoms with Crippen LogP contribution in [0.2, 0.25) is 0 Å². The molecule has 0 radical (unpaired) electrons. The molecule has 2 amide bonds. The molecule has 0 bridgehead atoms. The van der Waals surface area contributed by atoms with Gasteiger partial charge < -0.3 is 15.3 Å². The van der Waals surface area contributed by atoms with E-state index in [-0.39, 0.29) is 24.1 Å². The number of hydrogen-bond acceptors (Lipinski definition) is 4. The molecule has 23 heavy (non-hydrogen) atoms. The van der Waals surface area contributed by atoms with Crippen molar-refractivity contribution >= 4 is 11.8 Å². The lowest BCUT2D eigenvalue weighted by Gasteiger charge is -2.39. The fourth-order valence-corrected chi connectivity index (χ4v) is 3.00. The second kappa shape index (κ2) is 6.64. The molecule has 6 nitrogen and oxygen atoms in total. The molecule has 0 aromatic heterocycles. The van der Waals surface area contributed by atoms with Crippen LogP contribution in [0, 0.1) is 5.82 Å². The van der Waals surface area contributed by atoms with Crippen molar-refractivity contribution in [2.45, 2.75) is 25.1 Å². The number of rotatable bonds is 4. The van der Waals surface area contributed by atoms with Crippen LogP contribution in [0.1, 0.15) is 12.0 Å². The monoisotopic (exact) mass is 321 g/mol.